The molecule has 0 aliphatic carbocycles. The summed E-state index contributed by atoms with van der Waals surface area (Å²) in [5, 5.41) is 13.2. The molecular weight excluding hydrogens is 386 g/mol. The second-order valence-corrected chi connectivity index (χ2v) is 7.52. The number of halogens is 1. The fourth-order valence-corrected chi connectivity index (χ4v) is 3.92. The number of fused-ring (bicyclic) bond motifs is 1. The summed E-state index contributed by atoms with van der Waals surface area (Å²) in [4.78, 5) is 28.9. The smallest absolute Gasteiger partial charge is 0.349 e. The summed E-state index contributed by atoms with van der Waals surface area (Å²) in [7, 11) is 0. The average molecular weight is 398 g/mol. The van der Waals surface area contributed by atoms with Crippen molar-refractivity contribution in [3.05, 3.63) is 80.1 Å². The number of carbonyl (C=O) groups excluding carboxylic acids is 1. The summed E-state index contributed by atoms with van der Waals surface area (Å²) in [5.74, 6) is -0.432. The van der Waals surface area contributed by atoms with E-state index in [2.05, 4.69) is 4.98 Å². The maximum Gasteiger partial charge on any atom is 0.349 e. The molecule has 0 saturated heterocycles. The molecule has 0 atom stereocenters. The van der Waals surface area contributed by atoms with Gasteiger partial charge in [-0.05, 0) is 17.7 Å². The molecule has 0 radical (unpaired) electrons. The van der Waals surface area contributed by atoms with Crippen molar-refractivity contribution in [1.82, 2.24) is 9.38 Å². The lowest BCUT2D eigenvalue weighted by molar-refractivity contribution is -0.707. The zero-order chi connectivity index (χ0) is 19.0. The number of thiazole rings is 1. The number of aromatic nitrogens is 3. The first kappa shape index (κ1) is 17.4. The summed E-state index contributed by atoms with van der Waals surface area (Å²) in [6.07, 6.45) is 3.90. The molecule has 27 heavy (non-hydrogen) atoms. The van der Waals surface area contributed by atoms with Gasteiger partial charge in [-0.25, -0.2) is 14.3 Å². The minimum absolute atomic E-state index is 0.0120. The molecule has 0 saturated carbocycles. The van der Waals surface area contributed by atoms with E-state index in [1.807, 2.05) is 0 Å². The number of aldehydes is 1. The van der Waals surface area contributed by atoms with E-state index in [1.54, 1.807) is 48.8 Å². The quantitative estimate of drug-likeness (QED) is 0.391. The molecule has 3 aromatic heterocycles. The van der Waals surface area contributed by atoms with Crippen LogP contribution in [0.5, 0.6) is 5.88 Å². The van der Waals surface area contributed by atoms with Gasteiger partial charge in [0.1, 0.15) is 18.4 Å². The fourth-order valence-electron chi connectivity index (χ4n) is 2.96. The molecule has 6 nitrogen and oxygen atoms in total. The van der Waals surface area contributed by atoms with Crippen molar-refractivity contribution >= 4 is 34.9 Å². The van der Waals surface area contributed by atoms with E-state index in [4.69, 9.17) is 11.6 Å². The maximum atomic E-state index is 13.2. The van der Waals surface area contributed by atoms with E-state index >= 15 is 0 Å². The monoisotopic (exact) mass is 397 g/mol. The Morgan fingerprint density at radius 3 is 2.85 bits per heavy atom. The van der Waals surface area contributed by atoms with Crippen LogP contribution in [0.2, 0.25) is 4.47 Å². The highest BCUT2D eigenvalue weighted by atomic mass is 35.5. The third-order valence-electron chi connectivity index (χ3n) is 4.16. The van der Waals surface area contributed by atoms with Crippen LogP contribution in [-0.2, 0) is 6.54 Å². The van der Waals surface area contributed by atoms with Crippen LogP contribution in [0.3, 0.4) is 0 Å². The molecular formula is C19H12ClN3O3S. The third kappa shape index (κ3) is 3.11. The standard InChI is InChI=1S/C19H12ClN3O3S/c20-19-21-9-14(27-19)10-23-15-6-1-2-7-22(15)17(25)16(18(23)26)13-5-3-4-12(8-13)11-24/h1-9,11H,10H2. The second-order valence-electron chi connectivity index (χ2n) is 5.82. The predicted octanol–water partition coefficient (Wildman–Crippen LogP) is 2.30. The molecule has 134 valence electrons. The fraction of sp³-hybridized carbons (Fsp3) is 0.0526. The summed E-state index contributed by atoms with van der Waals surface area (Å²) in [5.41, 5.74) is 0.844. The van der Waals surface area contributed by atoms with Crippen LogP contribution in [0.1, 0.15) is 15.2 Å². The van der Waals surface area contributed by atoms with Crippen LogP contribution in [-0.4, -0.2) is 15.7 Å². The van der Waals surface area contributed by atoms with Gasteiger partial charge < -0.3 is 5.11 Å². The first-order chi connectivity index (χ1) is 13.1. The highest BCUT2D eigenvalue weighted by Crippen LogP contribution is 2.24. The SMILES string of the molecule is O=Cc1cccc(-c2c([O-])[n+](Cc3cnc(Cl)s3)c3ccccn3c2=O)c1. The molecule has 8 heteroatoms. The largest absolute Gasteiger partial charge is 0.842 e. The van der Waals surface area contributed by atoms with E-state index in [0.717, 1.165) is 4.88 Å². The van der Waals surface area contributed by atoms with Crippen molar-refractivity contribution in [3.63, 3.8) is 0 Å². The lowest BCUT2D eigenvalue weighted by atomic mass is 10.1. The van der Waals surface area contributed by atoms with Crippen LogP contribution in [0.25, 0.3) is 16.8 Å². The van der Waals surface area contributed by atoms with Crippen LogP contribution in [0.15, 0.2) is 59.7 Å². The van der Waals surface area contributed by atoms with E-state index in [-0.39, 0.29) is 12.1 Å². The minimum atomic E-state index is -0.433. The number of rotatable bonds is 4. The highest BCUT2D eigenvalue weighted by Gasteiger charge is 2.20. The molecule has 0 spiro atoms. The second kappa shape index (κ2) is 6.94. The summed E-state index contributed by atoms with van der Waals surface area (Å²) < 4.78 is 3.32. The molecule has 4 rings (SSSR count). The van der Waals surface area contributed by atoms with Crippen molar-refractivity contribution in [2.24, 2.45) is 0 Å². The van der Waals surface area contributed by atoms with Gasteiger partial charge in [-0.3, -0.25) is 4.79 Å². The van der Waals surface area contributed by atoms with Gasteiger partial charge in [-0.2, -0.15) is 4.40 Å². The molecule has 0 aliphatic heterocycles. The van der Waals surface area contributed by atoms with E-state index in [1.165, 1.54) is 26.4 Å². The van der Waals surface area contributed by atoms with Gasteiger partial charge in [0.15, 0.2) is 4.47 Å². The van der Waals surface area contributed by atoms with Crippen molar-refractivity contribution in [2.45, 2.75) is 6.54 Å². The highest BCUT2D eigenvalue weighted by molar-refractivity contribution is 7.15. The summed E-state index contributed by atoms with van der Waals surface area (Å²) >= 11 is 7.17. The normalized spacial score (nSPS) is 11.0. The molecule has 1 aromatic carbocycles. The van der Waals surface area contributed by atoms with Gasteiger partial charge in [0, 0.05) is 17.8 Å². The van der Waals surface area contributed by atoms with Gasteiger partial charge >= 0.3 is 5.56 Å². The average Bonchev–Trinajstić information content (AvgIpc) is 3.10. The number of benzene rings is 1. The Morgan fingerprint density at radius 2 is 2.11 bits per heavy atom. The van der Waals surface area contributed by atoms with Crippen molar-refractivity contribution in [1.29, 1.82) is 0 Å². The van der Waals surface area contributed by atoms with Gasteiger partial charge in [0.05, 0.1) is 17.0 Å². The van der Waals surface area contributed by atoms with Gasteiger partial charge in [-0.15, -0.1) is 11.3 Å². The zero-order valence-corrected chi connectivity index (χ0v) is 15.4. The number of hydrogen-bond donors (Lipinski definition) is 0. The third-order valence-corrected chi connectivity index (χ3v) is 5.26. The maximum absolute atomic E-state index is 13.2. The molecule has 3 heterocycles. The topological polar surface area (TPSA) is 78.4 Å². The Balaban J connectivity index is 2.02. The summed E-state index contributed by atoms with van der Waals surface area (Å²) in [6, 6.07) is 11.6. The summed E-state index contributed by atoms with van der Waals surface area (Å²) in [6.45, 7) is 0.234. The van der Waals surface area contributed by atoms with Gasteiger partial charge in [0.25, 0.3) is 5.65 Å². The Kier molecular flexibility index (Phi) is 4.47. The first-order valence-electron chi connectivity index (χ1n) is 7.98. The molecule has 0 N–H and O–H groups in total. The van der Waals surface area contributed by atoms with Crippen molar-refractivity contribution in [2.75, 3.05) is 0 Å². The van der Waals surface area contributed by atoms with Crippen LogP contribution in [0, 0.1) is 0 Å². The number of hydrogen-bond acceptors (Lipinski definition) is 5. The Morgan fingerprint density at radius 1 is 1.26 bits per heavy atom. The van der Waals surface area contributed by atoms with Crippen LogP contribution < -0.4 is 15.2 Å². The molecule has 0 amide bonds. The molecule has 0 aliphatic rings. The van der Waals surface area contributed by atoms with Crippen LogP contribution in [0.4, 0.5) is 0 Å². The minimum Gasteiger partial charge on any atom is -0.842 e. The lowest BCUT2D eigenvalue weighted by Gasteiger charge is -2.16. The molecule has 0 unspecified atom stereocenters. The Bertz CT molecular complexity index is 1230. The molecule has 0 fully saturated rings. The van der Waals surface area contributed by atoms with E-state index in [0.29, 0.717) is 27.5 Å². The zero-order valence-electron chi connectivity index (χ0n) is 13.8. The lowest BCUT2D eigenvalue weighted by Crippen LogP contribution is -2.44. The van der Waals surface area contributed by atoms with E-state index < -0.39 is 11.4 Å². The Labute approximate surface area is 162 Å². The van der Waals surface area contributed by atoms with Crippen molar-refractivity contribution in [3.8, 4) is 17.0 Å². The predicted molar refractivity (Wildman–Crippen MR) is 100 cm³/mol. The van der Waals surface area contributed by atoms with Gasteiger partial charge in [0.2, 0.25) is 0 Å². The van der Waals surface area contributed by atoms with Crippen LogP contribution >= 0.6 is 22.9 Å². The van der Waals surface area contributed by atoms with Gasteiger partial charge in [-0.1, -0.05) is 35.9 Å². The number of pyridine rings is 1. The number of nitrogens with zero attached hydrogens (tertiary/aromatic N) is 3. The van der Waals surface area contributed by atoms with Crippen molar-refractivity contribution < 1.29 is 14.5 Å². The molecule has 4 aromatic rings. The first-order valence-corrected chi connectivity index (χ1v) is 9.18. The molecule has 0 bridgehead atoms. The van der Waals surface area contributed by atoms with E-state index in [9.17, 15) is 14.7 Å². The Hall–Kier alpha value is -3.03. The number of carbonyl (C=O) groups is 1.